The summed E-state index contributed by atoms with van der Waals surface area (Å²) in [6, 6.07) is 7.41. The molecule has 0 saturated carbocycles. The maximum Gasteiger partial charge on any atom is 0.254 e. The summed E-state index contributed by atoms with van der Waals surface area (Å²) in [6.07, 6.45) is 2.22. The molecule has 0 saturated heterocycles. The Morgan fingerprint density at radius 3 is 2.50 bits per heavy atom. The Labute approximate surface area is 151 Å². The average molecular weight is 355 g/mol. The Bertz CT molecular complexity index is 840. The van der Waals surface area contributed by atoms with Crippen molar-refractivity contribution in [1.82, 2.24) is 35.3 Å². The van der Waals surface area contributed by atoms with E-state index in [0.29, 0.717) is 30.3 Å². The van der Waals surface area contributed by atoms with Gasteiger partial charge in [0.2, 0.25) is 11.8 Å². The van der Waals surface area contributed by atoms with Gasteiger partial charge in [0.05, 0.1) is 13.1 Å². The first-order valence-electron chi connectivity index (χ1n) is 8.48. The van der Waals surface area contributed by atoms with E-state index in [1.807, 2.05) is 45.0 Å². The molecule has 0 aliphatic rings. The molecule has 0 fully saturated rings. The van der Waals surface area contributed by atoms with E-state index in [9.17, 15) is 4.79 Å². The minimum Gasteiger partial charge on any atom is -0.423 e. The minimum atomic E-state index is -0.0785. The summed E-state index contributed by atoms with van der Waals surface area (Å²) in [5.74, 6) is 0.938. The summed E-state index contributed by atoms with van der Waals surface area (Å²) >= 11 is 0. The monoisotopic (exact) mass is 355 g/mol. The van der Waals surface area contributed by atoms with Crippen molar-refractivity contribution in [1.29, 1.82) is 0 Å². The summed E-state index contributed by atoms with van der Waals surface area (Å²) in [5.41, 5.74) is 1.61. The van der Waals surface area contributed by atoms with Gasteiger partial charge in [0.1, 0.15) is 6.33 Å². The summed E-state index contributed by atoms with van der Waals surface area (Å²) in [7, 11) is 0. The Balaban J connectivity index is 1.72. The van der Waals surface area contributed by atoms with E-state index in [-0.39, 0.29) is 18.5 Å². The molecule has 2 heterocycles. The molecule has 0 N–H and O–H groups in total. The van der Waals surface area contributed by atoms with Crippen LogP contribution < -0.4 is 0 Å². The van der Waals surface area contributed by atoms with Crippen LogP contribution in [0.4, 0.5) is 0 Å². The zero-order valence-corrected chi connectivity index (χ0v) is 15.0. The normalized spacial score (nSPS) is 11.1. The highest BCUT2D eigenvalue weighted by Crippen LogP contribution is 2.14. The summed E-state index contributed by atoms with van der Waals surface area (Å²) < 4.78 is 7.16. The van der Waals surface area contributed by atoms with E-state index >= 15 is 0 Å². The molecule has 136 valence electrons. The average Bonchev–Trinajstić information content (AvgIpc) is 3.31. The SMILES string of the molecule is CCc1nnc(CN(C(=O)c2ccc(Cn3cnnn3)cc2)C(C)C)o1. The number of rotatable bonds is 7. The summed E-state index contributed by atoms with van der Waals surface area (Å²) in [4.78, 5) is 14.6. The third kappa shape index (κ3) is 4.11. The molecule has 3 rings (SSSR count). The van der Waals surface area contributed by atoms with Crippen LogP contribution >= 0.6 is 0 Å². The minimum absolute atomic E-state index is 0.000348. The molecule has 0 radical (unpaired) electrons. The van der Waals surface area contributed by atoms with Gasteiger partial charge in [-0.25, -0.2) is 4.68 Å². The van der Waals surface area contributed by atoms with Crippen molar-refractivity contribution in [3.05, 3.63) is 53.5 Å². The van der Waals surface area contributed by atoms with Crippen molar-refractivity contribution in [2.24, 2.45) is 0 Å². The van der Waals surface area contributed by atoms with Crippen molar-refractivity contribution in [2.75, 3.05) is 0 Å². The van der Waals surface area contributed by atoms with Gasteiger partial charge in [-0.1, -0.05) is 19.1 Å². The van der Waals surface area contributed by atoms with Crippen molar-refractivity contribution in [2.45, 2.75) is 46.3 Å². The Hall–Kier alpha value is -3.10. The summed E-state index contributed by atoms with van der Waals surface area (Å²) in [6.45, 7) is 6.70. The van der Waals surface area contributed by atoms with Crippen molar-refractivity contribution in [3.8, 4) is 0 Å². The van der Waals surface area contributed by atoms with Crippen LogP contribution in [0.15, 0.2) is 35.0 Å². The molecule has 0 bridgehead atoms. The third-order valence-electron chi connectivity index (χ3n) is 3.94. The molecule has 3 aromatic rings. The van der Waals surface area contributed by atoms with Crippen LogP contribution in [0.3, 0.4) is 0 Å². The van der Waals surface area contributed by atoms with Gasteiger partial charge >= 0.3 is 0 Å². The van der Waals surface area contributed by atoms with Crippen LogP contribution in [-0.4, -0.2) is 47.3 Å². The topological polar surface area (TPSA) is 103 Å². The van der Waals surface area contributed by atoms with E-state index in [4.69, 9.17) is 4.42 Å². The predicted octanol–water partition coefficient (Wildman–Crippen LogP) is 1.72. The van der Waals surface area contributed by atoms with Gasteiger partial charge < -0.3 is 9.32 Å². The van der Waals surface area contributed by atoms with E-state index in [1.54, 1.807) is 15.9 Å². The fourth-order valence-corrected chi connectivity index (χ4v) is 2.49. The van der Waals surface area contributed by atoms with Gasteiger partial charge in [0, 0.05) is 18.0 Å². The first-order valence-corrected chi connectivity index (χ1v) is 8.48. The van der Waals surface area contributed by atoms with E-state index in [0.717, 1.165) is 5.56 Å². The van der Waals surface area contributed by atoms with Gasteiger partial charge in [0.15, 0.2) is 0 Å². The standard InChI is InChI=1S/C17H21N7O2/c1-4-15-19-20-16(26-15)10-24(12(2)3)17(25)14-7-5-13(6-8-14)9-23-11-18-21-22-23/h5-8,11-12H,4,9-10H2,1-3H3. The van der Waals surface area contributed by atoms with Gasteiger partial charge in [0.25, 0.3) is 5.91 Å². The van der Waals surface area contributed by atoms with E-state index in [1.165, 1.54) is 0 Å². The maximum absolute atomic E-state index is 12.9. The van der Waals surface area contributed by atoms with E-state index < -0.39 is 0 Å². The van der Waals surface area contributed by atoms with Crippen molar-refractivity contribution in [3.63, 3.8) is 0 Å². The smallest absolute Gasteiger partial charge is 0.254 e. The second-order valence-electron chi connectivity index (χ2n) is 6.17. The molecule has 2 aromatic heterocycles. The number of amides is 1. The van der Waals surface area contributed by atoms with Gasteiger partial charge in [-0.15, -0.1) is 15.3 Å². The number of hydrogen-bond acceptors (Lipinski definition) is 7. The zero-order chi connectivity index (χ0) is 18.5. The molecule has 1 amide bonds. The predicted molar refractivity (Wildman–Crippen MR) is 92.0 cm³/mol. The molecule has 9 heteroatoms. The molecule has 0 atom stereocenters. The highest BCUT2D eigenvalue weighted by Gasteiger charge is 2.21. The van der Waals surface area contributed by atoms with Crippen LogP contribution in [0.5, 0.6) is 0 Å². The number of nitrogens with zero attached hydrogens (tertiary/aromatic N) is 7. The molecular formula is C17H21N7O2. The van der Waals surface area contributed by atoms with Crippen molar-refractivity contribution >= 4 is 5.91 Å². The first-order chi connectivity index (χ1) is 12.6. The number of carbonyl (C=O) groups is 1. The highest BCUT2D eigenvalue weighted by molar-refractivity contribution is 5.94. The molecule has 0 aliphatic carbocycles. The molecule has 0 aliphatic heterocycles. The van der Waals surface area contributed by atoms with E-state index in [2.05, 4.69) is 25.7 Å². The second kappa shape index (κ2) is 7.85. The van der Waals surface area contributed by atoms with Gasteiger partial charge in [-0.2, -0.15) is 0 Å². The van der Waals surface area contributed by atoms with Crippen LogP contribution in [0.25, 0.3) is 0 Å². The lowest BCUT2D eigenvalue weighted by Gasteiger charge is -2.25. The second-order valence-corrected chi connectivity index (χ2v) is 6.17. The first kappa shape index (κ1) is 17.7. The molecule has 26 heavy (non-hydrogen) atoms. The fourth-order valence-electron chi connectivity index (χ4n) is 2.49. The van der Waals surface area contributed by atoms with Gasteiger partial charge in [-0.3, -0.25) is 4.79 Å². The Morgan fingerprint density at radius 2 is 1.92 bits per heavy atom. The Morgan fingerprint density at radius 1 is 1.19 bits per heavy atom. The van der Waals surface area contributed by atoms with Crippen molar-refractivity contribution < 1.29 is 9.21 Å². The van der Waals surface area contributed by atoms with Crippen LogP contribution in [0, 0.1) is 0 Å². The lowest BCUT2D eigenvalue weighted by molar-refractivity contribution is 0.0671. The number of benzene rings is 1. The third-order valence-corrected chi connectivity index (χ3v) is 3.94. The maximum atomic E-state index is 12.9. The molecule has 1 aromatic carbocycles. The van der Waals surface area contributed by atoms with Gasteiger partial charge in [-0.05, 0) is 42.0 Å². The number of aromatic nitrogens is 6. The molecule has 0 spiro atoms. The molecular weight excluding hydrogens is 334 g/mol. The summed E-state index contributed by atoms with van der Waals surface area (Å²) in [5, 5.41) is 19.0. The quantitative estimate of drug-likeness (QED) is 0.635. The number of carbonyl (C=O) groups excluding carboxylic acids is 1. The fraction of sp³-hybridized carbons (Fsp3) is 0.412. The Kier molecular flexibility index (Phi) is 5.35. The number of hydrogen-bond donors (Lipinski definition) is 0. The van der Waals surface area contributed by atoms with Crippen LogP contribution in [0.1, 0.15) is 48.5 Å². The zero-order valence-electron chi connectivity index (χ0n) is 15.0. The lowest BCUT2D eigenvalue weighted by atomic mass is 10.1. The van der Waals surface area contributed by atoms with Crippen LogP contribution in [-0.2, 0) is 19.5 Å². The largest absolute Gasteiger partial charge is 0.423 e. The number of aryl methyl sites for hydroxylation is 1. The number of tetrazole rings is 1. The van der Waals surface area contributed by atoms with Crippen LogP contribution in [0.2, 0.25) is 0 Å². The molecule has 0 unspecified atom stereocenters. The lowest BCUT2D eigenvalue weighted by Crippen LogP contribution is -2.36. The molecule has 9 nitrogen and oxygen atoms in total. The highest BCUT2D eigenvalue weighted by atomic mass is 16.4.